The monoisotopic (exact) mass is 462 g/mol. The lowest BCUT2D eigenvalue weighted by Crippen LogP contribution is -2.64. The van der Waals surface area contributed by atoms with E-state index in [0.717, 1.165) is 16.9 Å². The molecule has 3 atom stereocenters. The predicted molar refractivity (Wildman–Crippen MR) is 122 cm³/mol. The summed E-state index contributed by atoms with van der Waals surface area (Å²) in [5, 5.41) is 4.05. The van der Waals surface area contributed by atoms with Crippen LogP contribution in [0.1, 0.15) is 37.1 Å². The van der Waals surface area contributed by atoms with Crippen molar-refractivity contribution in [3.63, 3.8) is 0 Å². The molecule has 9 heteroatoms. The molecule has 0 unspecified atom stereocenters. The van der Waals surface area contributed by atoms with Gasteiger partial charge in [0.2, 0.25) is 23.5 Å². The molecule has 2 aliphatic heterocycles. The van der Waals surface area contributed by atoms with Crippen LogP contribution in [0.25, 0.3) is 11.4 Å². The molecule has 0 aliphatic carbocycles. The fourth-order valence-corrected chi connectivity index (χ4v) is 4.98. The molecule has 2 amide bonds. The average molecular weight is 463 g/mol. The minimum atomic E-state index is -0.914. The summed E-state index contributed by atoms with van der Waals surface area (Å²) in [5.41, 5.74) is 6.50. The number of nitrogens with two attached hydrogens (primary N) is 1. The van der Waals surface area contributed by atoms with Gasteiger partial charge in [0, 0.05) is 30.9 Å². The van der Waals surface area contributed by atoms with Crippen LogP contribution in [0.15, 0.2) is 53.1 Å². The van der Waals surface area contributed by atoms with Crippen molar-refractivity contribution in [3.05, 3.63) is 60.0 Å². The van der Waals surface area contributed by atoms with Gasteiger partial charge in [0.1, 0.15) is 17.4 Å². The Morgan fingerprint density at radius 2 is 2.00 bits per heavy atom. The maximum absolute atomic E-state index is 13.4. The Balaban J connectivity index is 1.30. The van der Waals surface area contributed by atoms with Gasteiger partial charge in [-0.05, 0) is 49.2 Å². The van der Waals surface area contributed by atoms with E-state index in [1.54, 1.807) is 12.0 Å². The fraction of sp³-hybridized carbons (Fsp3) is 0.360. The number of likely N-dealkylation sites (tertiary alicyclic amines) is 1. The minimum Gasteiger partial charge on any atom is -0.497 e. The summed E-state index contributed by atoms with van der Waals surface area (Å²) >= 11 is 0. The van der Waals surface area contributed by atoms with E-state index in [-0.39, 0.29) is 11.8 Å². The number of para-hydroxylation sites is 1. The molecule has 0 spiro atoms. The Kier molecular flexibility index (Phi) is 5.47. The standard InChI is InChI=1S/C25H26N4O5/c1-25-14-18(17-6-3-4-7-19(17)33-25)21(22(26)30)24(31)29(25)13-5-8-20-27-23(28-34-20)15-9-11-16(32-2)12-10-15/h3-4,6-7,9-12,18,21H,5,8,13-14H2,1-2H3,(H2,26,30)/t18-,21-,25+/m0/s1. The van der Waals surface area contributed by atoms with E-state index >= 15 is 0 Å². The first kappa shape index (κ1) is 21.9. The Bertz CT molecular complexity index is 1220. The van der Waals surface area contributed by atoms with Crippen molar-refractivity contribution in [1.82, 2.24) is 15.0 Å². The van der Waals surface area contributed by atoms with Gasteiger partial charge in [-0.1, -0.05) is 23.4 Å². The van der Waals surface area contributed by atoms with Crippen molar-refractivity contribution in [2.24, 2.45) is 11.7 Å². The van der Waals surface area contributed by atoms with Gasteiger partial charge in [-0.2, -0.15) is 4.98 Å². The summed E-state index contributed by atoms with van der Waals surface area (Å²) in [6, 6.07) is 14.9. The van der Waals surface area contributed by atoms with Gasteiger partial charge in [0.05, 0.1) is 7.11 Å². The highest BCUT2D eigenvalue weighted by Gasteiger charge is 2.55. The van der Waals surface area contributed by atoms with Gasteiger partial charge >= 0.3 is 0 Å². The molecule has 1 fully saturated rings. The highest BCUT2D eigenvalue weighted by atomic mass is 16.5. The number of carbonyl (C=O) groups is 2. The molecule has 2 N–H and O–H groups in total. The van der Waals surface area contributed by atoms with Crippen LogP contribution in [-0.2, 0) is 16.0 Å². The molecule has 0 saturated carbocycles. The van der Waals surface area contributed by atoms with E-state index < -0.39 is 17.6 Å². The maximum Gasteiger partial charge on any atom is 0.238 e. The Morgan fingerprint density at radius 1 is 1.24 bits per heavy atom. The summed E-state index contributed by atoms with van der Waals surface area (Å²) in [7, 11) is 1.61. The van der Waals surface area contributed by atoms with Crippen LogP contribution >= 0.6 is 0 Å². The average Bonchev–Trinajstić information content (AvgIpc) is 3.30. The summed E-state index contributed by atoms with van der Waals surface area (Å²) in [6.45, 7) is 2.26. The number of piperidine rings is 1. The molecule has 176 valence electrons. The Hall–Kier alpha value is -3.88. The van der Waals surface area contributed by atoms with Crippen LogP contribution in [0.3, 0.4) is 0 Å². The van der Waals surface area contributed by atoms with Gasteiger partial charge in [-0.3, -0.25) is 9.59 Å². The molecule has 2 aliphatic rings. The number of aromatic nitrogens is 2. The molecule has 1 saturated heterocycles. The second-order valence-electron chi connectivity index (χ2n) is 8.84. The van der Waals surface area contributed by atoms with E-state index in [4.69, 9.17) is 19.7 Å². The zero-order chi connectivity index (χ0) is 23.9. The van der Waals surface area contributed by atoms with E-state index in [0.29, 0.717) is 43.3 Å². The molecule has 34 heavy (non-hydrogen) atoms. The van der Waals surface area contributed by atoms with Crippen molar-refractivity contribution in [3.8, 4) is 22.9 Å². The molecule has 2 aromatic carbocycles. The van der Waals surface area contributed by atoms with Crippen molar-refractivity contribution in [2.45, 2.75) is 37.8 Å². The quantitative estimate of drug-likeness (QED) is 0.536. The number of primary amides is 1. The number of hydrogen-bond acceptors (Lipinski definition) is 7. The highest BCUT2D eigenvalue weighted by Crippen LogP contribution is 2.50. The second-order valence-corrected chi connectivity index (χ2v) is 8.84. The van der Waals surface area contributed by atoms with Gasteiger partial charge in [-0.15, -0.1) is 0 Å². The van der Waals surface area contributed by atoms with Crippen LogP contribution in [-0.4, -0.2) is 46.2 Å². The smallest absolute Gasteiger partial charge is 0.238 e. The van der Waals surface area contributed by atoms with Crippen molar-refractivity contribution >= 4 is 11.8 Å². The van der Waals surface area contributed by atoms with Gasteiger partial charge in [0.15, 0.2) is 5.72 Å². The summed E-state index contributed by atoms with van der Waals surface area (Å²) in [5.74, 6) is 0.275. The van der Waals surface area contributed by atoms with Crippen LogP contribution in [0.4, 0.5) is 0 Å². The molecule has 3 aromatic rings. The third-order valence-electron chi connectivity index (χ3n) is 6.65. The summed E-state index contributed by atoms with van der Waals surface area (Å²) in [4.78, 5) is 31.8. The normalized spacial score (nSPS) is 23.2. The zero-order valence-electron chi connectivity index (χ0n) is 19.1. The first-order valence-corrected chi connectivity index (χ1v) is 11.3. The SMILES string of the molecule is COc1ccc(-c2noc(CCCN3C(=O)[C@H](C(N)=O)[C@H]4C[C@@]3(C)Oc3ccccc34)n2)cc1. The lowest BCUT2D eigenvalue weighted by atomic mass is 9.73. The van der Waals surface area contributed by atoms with Gasteiger partial charge in [-0.25, -0.2) is 0 Å². The number of carbonyl (C=O) groups excluding carboxylic acids is 2. The number of methoxy groups -OCH3 is 1. The van der Waals surface area contributed by atoms with Crippen molar-refractivity contribution in [1.29, 1.82) is 0 Å². The molecule has 3 heterocycles. The number of ether oxygens (including phenoxy) is 2. The van der Waals surface area contributed by atoms with Crippen molar-refractivity contribution in [2.75, 3.05) is 13.7 Å². The predicted octanol–water partition coefficient (Wildman–Crippen LogP) is 2.90. The van der Waals surface area contributed by atoms with Crippen LogP contribution < -0.4 is 15.2 Å². The molecule has 2 bridgehead atoms. The van der Waals surface area contributed by atoms with Gasteiger partial charge < -0.3 is 24.6 Å². The second kappa shape index (κ2) is 8.48. The molecule has 9 nitrogen and oxygen atoms in total. The lowest BCUT2D eigenvalue weighted by Gasteiger charge is -2.52. The first-order valence-electron chi connectivity index (χ1n) is 11.3. The van der Waals surface area contributed by atoms with Crippen molar-refractivity contribution < 1.29 is 23.6 Å². The number of benzene rings is 2. The van der Waals surface area contributed by atoms with E-state index in [2.05, 4.69) is 10.1 Å². The first-order chi connectivity index (χ1) is 16.4. The number of hydrogen-bond donors (Lipinski definition) is 1. The molecule has 5 rings (SSSR count). The molecule has 0 radical (unpaired) electrons. The van der Waals surface area contributed by atoms with E-state index in [1.807, 2.05) is 55.5 Å². The maximum atomic E-state index is 13.4. The third kappa shape index (κ3) is 3.76. The number of amides is 2. The Morgan fingerprint density at radius 3 is 2.74 bits per heavy atom. The fourth-order valence-electron chi connectivity index (χ4n) is 4.98. The Labute approximate surface area is 196 Å². The third-order valence-corrected chi connectivity index (χ3v) is 6.65. The number of nitrogens with zero attached hydrogens (tertiary/aromatic N) is 3. The minimum absolute atomic E-state index is 0.292. The zero-order valence-corrected chi connectivity index (χ0v) is 19.1. The number of aryl methyl sites for hydroxylation is 1. The van der Waals surface area contributed by atoms with Crippen LogP contribution in [0.2, 0.25) is 0 Å². The molecule has 1 aromatic heterocycles. The number of fused-ring (bicyclic) bond motifs is 4. The lowest BCUT2D eigenvalue weighted by molar-refractivity contribution is -0.175. The highest BCUT2D eigenvalue weighted by molar-refractivity contribution is 6.01. The van der Waals surface area contributed by atoms with Crippen LogP contribution in [0.5, 0.6) is 11.5 Å². The van der Waals surface area contributed by atoms with Gasteiger partial charge in [0.25, 0.3) is 0 Å². The summed E-state index contributed by atoms with van der Waals surface area (Å²) < 4.78 is 16.9. The summed E-state index contributed by atoms with van der Waals surface area (Å²) in [6.07, 6.45) is 1.54. The topological polar surface area (TPSA) is 121 Å². The van der Waals surface area contributed by atoms with Crippen LogP contribution in [0, 0.1) is 5.92 Å². The van der Waals surface area contributed by atoms with E-state index in [9.17, 15) is 9.59 Å². The van der Waals surface area contributed by atoms with E-state index in [1.165, 1.54) is 0 Å². The molecular formula is C25H26N4O5. The largest absolute Gasteiger partial charge is 0.497 e. The number of rotatable bonds is 7. The molecular weight excluding hydrogens is 436 g/mol.